The maximum atomic E-state index is 5.30. The van der Waals surface area contributed by atoms with Crippen molar-refractivity contribution in [1.29, 1.82) is 0 Å². The minimum absolute atomic E-state index is 0.145. The summed E-state index contributed by atoms with van der Waals surface area (Å²) in [6.45, 7) is 0. The number of amidine groups is 1. The van der Waals surface area contributed by atoms with Crippen LogP contribution in [-0.4, -0.2) is 26.5 Å². The monoisotopic (exact) mass is 593 g/mol. The highest BCUT2D eigenvalue weighted by atomic mass is 15.0. The predicted octanol–water partition coefficient (Wildman–Crippen LogP) is 9.47. The summed E-state index contributed by atoms with van der Waals surface area (Å²) >= 11 is 0. The number of hydrogen-bond acceptors (Lipinski definition) is 5. The number of aromatic nitrogens is 3. The highest BCUT2D eigenvalue weighted by Crippen LogP contribution is 2.38. The predicted molar refractivity (Wildman–Crippen MR) is 188 cm³/mol. The summed E-state index contributed by atoms with van der Waals surface area (Å²) in [5.41, 5.74) is 7.34. The van der Waals surface area contributed by atoms with Crippen LogP contribution in [0.1, 0.15) is 47.8 Å². The Labute approximate surface area is 268 Å². The summed E-state index contributed by atoms with van der Waals surface area (Å²) in [6, 6.07) is 43.6. The maximum Gasteiger partial charge on any atom is 0.164 e. The maximum absolute atomic E-state index is 5.30. The molecule has 46 heavy (non-hydrogen) atoms. The Kier molecular flexibility index (Phi) is 7.41. The molecule has 1 aliphatic heterocycles. The largest absolute Gasteiger partial charge is 0.258 e. The SMILES string of the molecule is C1=CCCC(c2nc(-c3ccccc3)nc(-c3cccc4cccc(C5CC(c6ccccc6)=NC(c6ccccc6)=N5)c34)n2)=C1. The summed E-state index contributed by atoms with van der Waals surface area (Å²) in [4.78, 5) is 25.6. The molecule has 1 atom stereocenters. The number of rotatable bonds is 6. The second-order valence-corrected chi connectivity index (χ2v) is 11.5. The van der Waals surface area contributed by atoms with E-state index in [0.717, 1.165) is 74.4 Å². The standard InChI is InChI=1S/C41H31N5/c1-5-15-28(16-6-1)35-27-36(43-38(42-35)30-17-7-2-8-18-30)33-25-13-23-29-24-14-26-34(37(29)33)41-45-39(31-19-9-3-10-20-31)44-40(46-41)32-21-11-4-12-22-32/h1-11,13-21,23-26,36H,12,22,27H2. The van der Waals surface area contributed by atoms with E-state index in [2.05, 4.69) is 103 Å². The van der Waals surface area contributed by atoms with E-state index in [-0.39, 0.29) is 6.04 Å². The van der Waals surface area contributed by atoms with E-state index in [1.165, 1.54) is 0 Å². The minimum Gasteiger partial charge on any atom is -0.258 e. The molecule has 5 aromatic carbocycles. The van der Waals surface area contributed by atoms with Gasteiger partial charge >= 0.3 is 0 Å². The lowest BCUT2D eigenvalue weighted by molar-refractivity contribution is 0.760. The fourth-order valence-corrected chi connectivity index (χ4v) is 6.28. The Morgan fingerprint density at radius 1 is 0.565 bits per heavy atom. The molecule has 220 valence electrons. The van der Waals surface area contributed by atoms with Gasteiger partial charge in [0.05, 0.1) is 11.8 Å². The molecule has 0 saturated heterocycles. The molecule has 0 bridgehead atoms. The number of benzene rings is 5. The molecule has 5 heteroatoms. The second-order valence-electron chi connectivity index (χ2n) is 11.5. The molecule has 1 aromatic heterocycles. The average molecular weight is 594 g/mol. The van der Waals surface area contributed by atoms with Gasteiger partial charge in [-0.15, -0.1) is 0 Å². The minimum atomic E-state index is -0.145. The highest BCUT2D eigenvalue weighted by Gasteiger charge is 2.25. The molecule has 0 amide bonds. The van der Waals surface area contributed by atoms with Crippen LogP contribution < -0.4 is 0 Å². The number of nitrogens with zero attached hydrogens (tertiary/aromatic N) is 5. The van der Waals surface area contributed by atoms with E-state index in [0.29, 0.717) is 18.1 Å². The summed E-state index contributed by atoms with van der Waals surface area (Å²) in [6.07, 6.45) is 8.96. The lowest BCUT2D eigenvalue weighted by Crippen LogP contribution is -2.17. The summed E-state index contributed by atoms with van der Waals surface area (Å²) in [5, 5.41) is 2.23. The highest BCUT2D eigenvalue weighted by molar-refractivity contribution is 6.14. The lowest BCUT2D eigenvalue weighted by Gasteiger charge is -2.23. The first-order chi connectivity index (χ1) is 22.8. The topological polar surface area (TPSA) is 63.4 Å². The van der Waals surface area contributed by atoms with E-state index in [4.69, 9.17) is 24.9 Å². The van der Waals surface area contributed by atoms with Crippen LogP contribution in [0.4, 0.5) is 0 Å². The smallest absolute Gasteiger partial charge is 0.164 e. The third kappa shape index (κ3) is 5.48. The molecular formula is C41H31N5. The van der Waals surface area contributed by atoms with Crippen molar-refractivity contribution < 1.29 is 0 Å². The van der Waals surface area contributed by atoms with Crippen molar-refractivity contribution in [2.75, 3.05) is 0 Å². The van der Waals surface area contributed by atoms with E-state index >= 15 is 0 Å². The molecule has 1 unspecified atom stereocenters. The zero-order valence-electron chi connectivity index (χ0n) is 25.3. The molecular weight excluding hydrogens is 562 g/mol. The molecule has 2 aliphatic rings. The van der Waals surface area contributed by atoms with Crippen LogP contribution in [-0.2, 0) is 0 Å². The first-order valence-electron chi connectivity index (χ1n) is 15.8. The molecule has 0 N–H and O–H groups in total. The quantitative estimate of drug-likeness (QED) is 0.193. The molecule has 5 nitrogen and oxygen atoms in total. The number of allylic oxidation sites excluding steroid dienone is 4. The Morgan fingerprint density at radius 2 is 1.22 bits per heavy atom. The van der Waals surface area contributed by atoms with Crippen molar-refractivity contribution >= 4 is 27.9 Å². The van der Waals surface area contributed by atoms with E-state index in [1.54, 1.807) is 0 Å². The van der Waals surface area contributed by atoms with Gasteiger partial charge in [-0.2, -0.15) is 0 Å². The van der Waals surface area contributed by atoms with Gasteiger partial charge in [0.15, 0.2) is 23.3 Å². The van der Waals surface area contributed by atoms with Gasteiger partial charge in [-0.1, -0.05) is 146 Å². The van der Waals surface area contributed by atoms with Crippen molar-refractivity contribution in [3.63, 3.8) is 0 Å². The number of fused-ring (bicyclic) bond motifs is 1. The molecule has 0 fully saturated rings. The van der Waals surface area contributed by atoms with E-state index in [1.807, 2.05) is 42.5 Å². The molecule has 8 rings (SSSR count). The first-order valence-corrected chi connectivity index (χ1v) is 15.8. The van der Waals surface area contributed by atoms with Gasteiger partial charge in [0.1, 0.15) is 0 Å². The fraction of sp³-hybridized carbons (Fsp3) is 0.0976. The van der Waals surface area contributed by atoms with Gasteiger partial charge in [0.2, 0.25) is 0 Å². The second kappa shape index (κ2) is 12.3. The Hall–Kier alpha value is -5.81. The van der Waals surface area contributed by atoms with Gasteiger partial charge in [-0.25, -0.2) is 19.9 Å². The van der Waals surface area contributed by atoms with Crippen LogP contribution in [0.5, 0.6) is 0 Å². The molecule has 1 aliphatic carbocycles. The van der Waals surface area contributed by atoms with Gasteiger partial charge in [0, 0.05) is 23.1 Å². The van der Waals surface area contributed by atoms with Crippen LogP contribution in [0, 0.1) is 0 Å². The molecule has 2 heterocycles. The number of hydrogen-bond donors (Lipinski definition) is 0. The third-order valence-corrected chi connectivity index (χ3v) is 8.55. The Bertz CT molecular complexity index is 2160. The lowest BCUT2D eigenvalue weighted by atomic mass is 9.90. The average Bonchev–Trinajstić information content (AvgIpc) is 3.15. The van der Waals surface area contributed by atoms with Crippen molar-refractivity contribution in [1.82, 2.24) is 15.0 Å². The summed E-state index contributed by atoms with van der Waals surface area (Å²) in [7, 11) is 0. The first kappa shape index (κ1) is 27.7. The van der Waals surface area contributed by atoms with Crippen LogP contribution in [0.2, 0.25) is 0 Å². The zero-order valence-corrected chi connectivity index (χ0v) is 25.3. The Balaban J connectivity index is 1.32. The molecule has 0 saturated carbocycles. The summed E-state index contributed by atoms with van der Waals surface area (Å²) in [5.74, 6) is 2.81. The Morgan fingerprint density at radius 3 is 1.93 bits per heavy atom. The van der Waals surface area contributed by atoms with Crippen molar-refractivity contribution in [3.8, 4) is 22.8 Å². The van der Waals surface area contributed by atoms with E-state index < -0.39 is 0 Å². The molecule has 0 spiro atoms. The van der Waals surface area contributed by atoms with Crippen LogP contribution in [0.15, 0.2) is 156 Å². The van der Waals surface area contributed by atoms with Crippen molar-refractivity contribution in [3.05, 3.63) is 168 Å². The van der Waals surface area contributed by atoms with Crippen LogP contribution in [0.3, 0.4) is 0 Å². The van der Waals surface area contributed by atoms with Crippen molar-refractivity contribution in [2.24, 2.45) is 9.98 Å². The zero-order chi connectivity index (χ0) is 30.7. The van der Waals surface area contributed by atoms with E-state index in [9.17, 15) is 0 Å². The van der Waals surface area contributed by atoms with Gasteiger partial charge < -0.3 is 0 Å². The van der Waals surface area contributed by atoms with Gasteiger partial charge in [0.25, 0.3) is 0 Å². The van der Waals surface area contributed by atoms with Crippen LogP contribution in [0.25, 0.3) is 39.1 Å². The fourth-order valence-electron chi connectivity index (χ4n) is 6.28. The molecule has 6 aromatic rings. The van der Waals surface area contributed by atoms with Gasteiger partial charge in [-0.3, -0.25) is 4.99 Å². The normalized spacial score (nSPS) is 16.1. The van der Waals surface area contributed by atoms with Crippen molar-refractivity contribution in [2.45, 2.75) is 25.3 Å². The van der Waals surface area contributed by atoms with Gasteiger partial charge in [-0.05, 0) is 40.3 Å². The third-order valence-electron chi connectivity index (χ3n) is 8.55. The number of aliphatic imine (C=N–C) groups is 2. The van der Waals surface area contributed by atoms with Crippen LogP contribution >= 0.6 is 0 Å². The summed E-state index contributed by atoms with van der Waals surface area (Å²) < 4.78 is 0. The molecule has 0 radical (unpaired) electrons.